The molecule has 2 heterocycles. The minimum atomic E-state index is -0.985. The van der Waals surface area contributed by atoms with Crippen molar-refractivity contribution in [1.29, 1.82) is 0 Å². The van der Waals surface area contributed by atoms with Crippen molar-refractivity contribution in [2.24, 2.45) is 0 Å². The van der Waals surface area contributed by atoms with Gasteiger partial charge >= 0.3 is 12.1 Å². The summed E-state index contributed by atoms with van der Waals surface area (Å²) in [7, 11) is 0. The van der Waals surface area contributed by atoms with Crippen molar-refractivity contribution in [3.63, 3.8) is 0 Å². The van der Waals surface area contributed by atoms with Crippen LogP contribution in [-0.2, 0) is 4.74 Å². The zero-order valence-corrected chi connectivity index (χ0v) is 18.0. The molecule has 2 aromatic carbocycles. The fourth-order valence-electron chi connectivity index (χ4n) is 4.06. The molecular weight excluding hydrogens is 394 g/mol. The molecule has 3 aromatic rings. The van der Waals surface area contributed by atoms with Gasteiger partial charge in [0, 0.05) is 18.5 Å². The number of aromatic carboxylic acids is 1. The van der Waals surface area contributed by atoms with Crippen molar-refractivity contribution in [3.8, 4) is 11.1 Å². The number of carbonyl (C=O) groups excluding carboxylic acids is 1. The number of amides is 1. The average Bonchev–Trinajstić information content (AvgIpc) is 3.16. The lowest BCUT2D eigenvalue weighted by molar-refractivity contribution is 0.0169. The van der Waals surface area contributed by atoms with Gasteiger partial charge in [-0.3, -0.25) is 4.68 Å². The van der Waals surface area contributed by atoms with E-state index < -0.39 is 11.6 Å². The lowest BCUT2D eigenvalue weighted by Crippen LogP contribution is -2.43. The number of hydrogen-bond donors (Lipinski definition) is 1. The van der Waals surface area contributed by atoms with E-state index >= 15 is 0 Å². The maximum Gasteiger partial charge on any atom is 0.410 e. The Balaban J connectivity index is 1.72. The van der Waals surface area contributed by atoms with Crippen molar-refractivity contribution in [2.75, 3.05) is 13.1 Å². The molecule has 1 amide bonds. The summed E-state index contributed by atoms with van der Waals surface area (Å²) < 4.78 is 7.40. The number of rotatable bonds is 3. The molecule has 0 spiro atoms. The van der Waals surface area contributed by atoms with Gasteiger partial charge in [0.2, 0.25) is 0 Å². The Kier molecular flexibility index (Phi) is 5.43. The van der Waals surface area contributed by atoms with Crippen molar-refractivity contribution in [1.82, 2.24) is 14.7 Å². The smallest absolute Gasteiger partial charge is 0.410 e. The van der Waals surface area contributed by atoms with E-state index in [-0.39, 0.29) is 17.7 Å². The highest BCUT2D eigenvalue weighted by molar-refractivity contribution is 6.04. The number of likely N-dealkylation sites (tertiary alicyclic amines) is 1. The maximum absolute atomic E-state index is 12.6. The van der Waals surface area contributed by atoms with Crippen LogP contribution in [0.15, 0.2) is 48.7 Å². The molecule has 1 atom stereocenters. The fraction of sp³-hybridized carbons (Fsp3) is 0.375. The topological polar surface area (TPSA) is 84.7 Å². The van der Waals surface area contributed by atoms with Gasteiger partial charge in [-0.2, -0.15) is 5.10 Å². The molecule has 1 fully saturated rings. The van der Waals surface area contributed by atoms with Gasteiger partial charge in [0.05, 0.1) is 23.3 Å². The van der Waals surface area contributed by atoms with Crippen molar-refractivity contribution in [2.45, 2.75) is 45.3 Å². The fourth-order valence-corrected chi connectivity index (χ4v) is 4.06. The predicted octanol–water partition coefficient (Wildman–Crippen LogP) is 4.97. The van der Waals surface area contributed by atoms with Crippen LogP contribution in [0.2, 0.25) is 0 Å². The van der Waals surface area contributed by atoms with E-state index in [0.29, 0.717) is 18.5 Å². The Morgan fingerprint density at radius 3 is 2.55 bits per heavy atom. The molecule has 1 unspecified atom stereocenters. The molecule has 31 heavy (non-hydrogen) atoms. The minimum absolute atomic E-state index is 0.0496. The van der Waals surface area contributed by atoms with Gasteiger partial charge in [-0.1, -0.05) is 30.3 Å². The van der Waals surface area contributed by atoms with E-state index in [1.807, 2.05) is 61.9 Å². The minimum Gasteiger partial charge on any atom is -0.478 e. The Labute approximate surface area is 181 Å². The molecule has 1 saturated heterocycles. The summed E-state index contributed by atoms with van der Waals surface area (Å²) in [6, 6.07) is 13.3. The van der Waals surface area contributed by atoms with Crippen molar-refractivity contribution in [3.05, 3.63) is 54.2 Å². The number of carboxylic acid groups (broad SMARTS) is 1. The maximum atomic E-state index is 12.6. The number of hydrogen-bond acceptors (Lipinski definition) is 4. The van der Waals surface area contributed by atoms with Crippen LogP contribution in [0.3, 0.4) is 0 Å². The van der Waals surface area contributed by atoms with Crippen LogP contribution < -0.4 is 0 Å². The molecule has 1 N–H and O–H groups in total. The van der Waals surface area contributed by atoms with Gasteiger partial charge in [0.25, 0.3) is 0 Å². The summed E-state index contributed by atoms with van der Waals surface area (Å²) in [5.41, 5.74) is 2.20. The Hall–Kier alpha value is -3.35. The zero-order chi connectivity index (χ0) is 22.2. The van der Waals surface area contributed by atoms with Gasteiger partial charge in [-0.25, -0.2) is 9.59 Å². The molecule has 1 aromatic heterocycles. The van der Waals surface area contributed by atoms with Crippen molar-refractivity contribution >= 4 is 23.0 Å². The van der Waals surface area contributed by atoms with Crippen molar-refractivity contribution < 1.29 is 19.4 Å². The molecule has 0 saturated carbocycles. The van der Waals surface area contributed by atoms with E-state index in [1.54, 1.807) is 17.2 Å². The molecule has 0 aliphatic carbocycles. The number of nitrogens with zero attached hydrogens (tertiary/aromatic N) is 3. The Bertz CT molecular complexity index is 1120. The third-order valence-electron chi connectivity index (χ3n) is 5.45. The normalized spacial score (nSPS) is 17.0. The van der Waals surface area contributed by atoms with Crippen LogP contribution >= 0.6 is 0 Å². The van der Waals surface area contributed by atoms with Gasteiger partial charge < -0.3 is 14.7 Å². The molecule has 162 valence electrons. The highest BCUT2D eigenvalue weighted by Crippen LogP contribution is 2.32. The third kappa shape index (κ3) is 4.40. The van der Waals surface area contributed by atoms with Gasteiger partial charge in [0.15, 0.2) is 0 Å². The van der Waals surface area contributed by atoms with E-state index in [0.717, 1.165) is 29.5 Å². The van der Waals surface area contributed by atoms with E-state index in [4.69, 9.17) is 4.74 Å². The standard InChI is InChI=1S/C24H27N3O4/c1-24(2,3)31-23(30)26-11-7-10-18(15-26)27-21-13-17(16-8-5-4-6-9-16)12-19(22(28)29)20(21)14-25-27/h4-6,8-9,12-14,18H,7,10-11,15H2,1-3H3,(H,28,29). The average molecular weight is 421 g/mol. The summed E-state index contributed by atoms with van der Waals surface area (Å²) in [6.07, 6.45) is 2.97. The van der Waals surface area contributed by atoms with Crippen LogP contribution in [0.1, 0.15) is 50.0 Å². The van der Waals surface area contributed by atoms with E-state index in [2.05, 4.69) is 5.10 Å². The highest BCUT2D eigenvalue weighted by atomic mass is 16.6. The summed E-state index contributed by atoms with van der Waals surface area (Å²) in [6.45, 7) is 6.67. The van der Waals surface area contributed by atoms with E-state index in [1.165, 1.54) is 0 Å². The molecule has 4 rings (SSSR count). The number of fused-ring (bicyclic) bond motifs is 1. The Morgan fingerprint density at radius 1 is 1.13 bits per heavy atom. The third-order valence-corrected chi connectivity index (χ3v) is 5.45. The number of carbonyl (C=O) groups is 2. The Morgan fingerprint density at radius 2 is 1.87 bits per heavy atom. The lowest BCUT2D eigenvalue weighted by atomic mass is 9.99. The first-order chi connectivity index (χ1) is 14.7. The van der Waals surface area contributed by atoms with Gasteiger partial charge in [-0.15, -0.1) is 0 Å². The number of aromatic nitrogens is 2. The second-order valence-electron chi connectivity index (χ2n) is 8.94. The highest BCUT2D eigenvalue weighted by Gasteiger charge is 2.30. The van der Waals surface area contributed by atoms with Gasteiger partial charge in [0.1, 0.15) is 5.60 Å². The summed E-state index contributed by atoms with van der Waals surface area (Å²) in [4.78, 5) is 26.2. The summed E-state index contributed by atoms with van der Waals surface area (Å²) in [5, 5.41) is 14.9. The summed E-state index contributed by atoms with van der Waals surface area (Å²) in [5.74, 6) is -0.985. The first-order valence-electron chi connectivity index (χ1n) is 10.5. The predicted molar refractivity (Wildman–Crippen MR) is 118 cm³/mol. The zero-order valence-electron chi connectivity index (χ0n) is 18.0. The molecule has 7 heteroatoms. The van der Waals surface area contributed by atoms with Gasteiger partial charge in [-0.05, 0) is 56.9 Å². The second-order valence-corrected chi connectivity index (χ2v) is 8.94. The monoisotopic (exact) mass is 421 g/mol. The molecule has 0 radical (unpaired) electrons. The number of carboxylic acids is 1. The molecule has 0 bridgehead atoms. The molecular formula is C24H27N3O4. The molecule has 7 nitrogen and oxygen atoms in total. The van der Waals surface area contributed by atoms with Crippen LogP contribution in [-0.4, -0.2) is 50.5 Å². The van der Waals surface area contributed by atoms with Crippen LogP contribution in [0.5, 0.6) is 0 Å². The quantitative estimate of drug-likeness (QED) is 0.645. The molecule has 1 aliphatic rings. The first-order valence-corrected chi connectivity index (χ1v) is 10.5. The number of ether oxygens (including phenoxy) is 1. The SMILES string of the molecule is CC(C)(C)OC(=O)N1CCCC(n2ncc3c(C(=O)O)cc(-c4ccccc4)cc32)C1. The first kappa shape index (κ1) is 20.9. The largest absolute Gasteiger partial charge is 0.478 e. The van der Waals surface area contributed by atoms with Crippen LogP contribution in [0.4, 0.5) is 4.79 Å². The summed E-state index contributed by atoms with van der Waals surface area (Å²) >= 11 is 0. The van der Waals surface area contributed by atoms with E-state index in [9.17, 15) is 14.7 Å². The number of benzene rings is 2. The van der Waals surface area contributed by atoms with Crippen LogP contribution in [0, 0.1) is 0 Å². The lowest BCUT2D eigenvalue weighted by Gasteiger charge is -2.34. The van der Waals surface area contributed by atoms with Crippen LogP contribution in [0.25, 0.3) is 22.0 Å². The second kappa shape index (κ2) is 8.06. The number of piperidine rings is 1. The molecule has 1 aliphatic heterocycles.